The zero-order valence-electron chi connectivity index (χ0n) is 17.6. The first-order valence-electron chi connectivity index (χ1n) is 10.2. The molecule has 1 amide bonds. The van der Waals surface area contributed by atoms with E-state index >= 15 is 0 Å². The number of carbonyl (C=O) groups excluding carboxylic acids is 2. The number of carbonyl (C=O) groups is 2. The van der Waals surface area contributed by atoms with E-state index in [1.807, 2.05) is 0 Å². The van der Waals surface area contributed by atoms with Gasteiger partial charge in [0.2, 0.25) is 5.91 Å². The highest BCUT2D eigenvalue weighted by Crippen LogP contribution is 2.39. The first-order valence-corrected chi connectivity index (χ1v) is 11.4. The molecule has 0 N–H and O–H groups in total. The van der Waals surface area contributed by atoms with Crippen LogP contribution in [0.1, 0.15) is 26.2 Å². The Morgan fingerprint density at radius 2 is 1.70 bits per heavy atom. The second kappa shape index (κ2) is 11.1. The molecule has 2 aromatic carbocycles. The number of nitriles is 1. The molecule has 2 aromatic rings. The van der Waals surface area contributed by atoms with Gasteiger partial charge in [-0.1, -0.05) is 34.8 Å². The Bertz CT molecular complexity index is 1100. The number of rotatable bonds is 7. The summed E-state index contributed by atoms with van der Waals surface area (Å²) in [5, 5.41) is 9.82. The molecule has 0 radical (unpaired) electrons. The molecule has 0 aromatic heterocycles. The zero-order valence-corrected chi connectivity index (χ0v) is 19.9. The highest BCUT2D eigenvalue weighted by atomic mass is 35.5. The number of ether oxygens (including phenoxy) is 2. The van der Waals surface area contributed by atoms with Crippen molar-refractivity contribution in [3.8, 4) is 23.3 Å². The third kappa shape index (κ3) is 6.08. The van der Waals surface area contributed by atoms with E-state index in [-0.39, 0.29) is 32.3 Å². The topological polar surface area (TPSA) is 79.6 Å². The monoisotopic (exact) mass is 512 g/mol. The van der Waals surface area contributed by atoms with Gasteiger partial charge >= 0.3 is 0 Å². The van der Waals surface area contributed by atoms with E-state index in [0.717, 1.165) is 25.3 Å². The summed E-state index contributed by atoms with van der Waals surface area (Å²) in [6, 6.07) is 8.28. The maximum atomic E-state index is 14.1. The first-order chi connectivity index (χ1) is 15.7. The predicted octanol–water partition coefficient (Wildman–Crippen LogP) is 6.07. The summed E-state index contributed by atoms with van der Waals surface area (Å²) in [5.41, 5.74) is 0. The molecular weight excluding hydrogens is 494 g/mol. The van der Waals surface area contributed by atoms with Crippen molar-refractivity contribution in [2.24, 2.45) is 5.92 Å². The summed E-state index contributed by atoms with van der Waals surface area (Å²) in [6.07, 6.45) is 1.51. The molecule has 2 unspecified atom stereocenters. The van der Waals surface area contributed by atoms with Gasteiger partial charge in [-0.2, -0.15) is 5.26 Å². The lowest BCUT2D eigenvalue weighted by molar-refractivity contribution is -0.142. The average molecular weight is 514 g/mol. The third-order valence-electron chi connectivity index (χ3n) is 5.13. The van der Waals surface area contributed by atoms with Gasteiger partial charge in [0.05, 0.1) is 16.1 Å². The van der Waals surface area contributed by atoms with Gasteiger partial charge in [-0.05, 0) is 50.5 Å². The van der Waals surface area contributed by atoms with Crippen LogP contribution in [0.2, 0.25) is 15.1 Å². The lowest BCUT2D eigenvalue weighted by Crippen LogP contribution is -2.44. The zero-order chi connectivity index (χ0) is 24.1. The number of benzene rings is 2. The molecule has 6 nitrogen and oxygen atoms in total. The molecule has 1 aliphatic rings. The molecule has 2 atom stereocenters. The molecule has 174 valence electrons. The normalized spacial score (nSPS) is 15.3. The number of amides is 1. The summed E-state index contributed by atoms with van der Waals surface area (Å²) >= 11 is 18.1. The van der Waals surface area contributed by atoms with Gasteiger partial charge in [-0.3, -0.25) is 9.59 Å². The van der Waals surface area contributed by atoms with E-state index in [2.05, 4.69) is 0 Å². The Morgan fingerprint density at radius 1 is 1.03 bits per heavy atom. The molecule has 1 heterocycles. The number of hydrogen-bond acceptors (Lipinski definition) is 5. The van der Waals surface area contributed by atoms with Crippen LogP contribution in [0.15, 0.2) is 30.3 Å². The van der Waals surface area contributed by atoms with Crippen LogP contribution in [0.3, 0.4) is 0 Å². The summed E-state index contributed by atoms with van der Waals surface area (Å²) in [6.45, 7) is 2.45. The number of hydrogen-bond donors (Lipinski definition) is 0. The van der Waals surface area contributed by atoms with Crippen LogP contribution in [0.4, 0.5) is 4.39 Å². The van der Waals surface area contributed by atoms with Crippen molar-refractivity contribution >= 4 is 46.5 Å². The van der Waals surface area contributed by atoms with E-state index < -0.39 is 29.5 Å². The van der Waals surface area contributed by atoms with E-state index in [9.17, 15) is 19.2 Å². The maximum absolute atomic E-state index is 14.1. The fourth-order valence-corrected chi connectivity index (χ4v) is 4.00. The quantitative estimate of drug-likeness (QED) is 0.420. The molecule has 33 heavy (non-hydrogen) atoms. The number of ketones is 1. The van der Waals surface area contributed by atoms with Gasteiger partial charge in [0.15, 0.2) is 29.4 Å². The SMILES string of the molecule is CC(Oc1cc(Oc2ccc(Cl)cc2F)c(Cl)cc1Cl)C(=O)C(C#N)C(=O)N1CCCCC1. The van der Waals surface area contributed by atoms with Crippen LogP contribution in [0, 0.1) is 23.1 Å². The smallest absolute Gasteiger partial charge is 0.247 e. The molecule has 0 spiro atoms. The van der Waals surface area contributed by atoms with Gasteiger partial charge in [0, 0.05) is 24.2 Å². The molecule has 1 aliphatic heterocycles. The Balaban J connectivity index is 1.77. The number of likely N-dealkylation sites (tertiary alicyclic amines) is 1. The van der Waals surface area contributed by atoms with Crippen molar-refractivity contribution in [1.82, 2.24) is 4.90 Å². The average Bonchev–Trinajstić information content (AvgIpc) is 2.79. The largest absolute Gasteiger partial charge is 0.481 e. The number of piperidine rings is 1. The Labute approximate surface area is 205 Å². The molecular formula is C23H20Cl3FN2O4. The molecule has 0 saturated carbocycles. The van der Waals surface area contributed by atoms with Crippen molar-refractivity contribution in [3.05, 3.63) is 51.2 Å². The minimum Gasteiger partial charge on any atom is -0.481 e. The lowest BCUT2D eigenvalue weighted by atomic mass is 9.99. The highest BCUT2D eigenvalue weighted by Gasteiger charge is 2.35. The van der Waals surface area contributed by atoms with E-state index in [1.54, 1.807) is 6.07 Å². The fraction of sp³-hybridized carbons (Fsp3) is 0.348. The molecule has 10 heteroatoms. The lowest BCUT2D eigenvalue weighted by Gasteiger charge is -2.28. The molecule has 3 rings (SSSR count). The van der Waals surface area contributed by atoms with Crippen LogP contribution in [0.5, 0.6) is 17.2 Å². The van der Waals surface area contributed by atoms with Crippen molar-refractivity contribution in [2.45, 2.75) is 32.3 Å². The van der Waals surface area contributed by atoms with Crippen LogP contribution in [-0.2, 0) is 9.59 Å². The highest BCUT2D eigenvalue weighted by molar-refractivity contribution is 6.36. The molecule has 1 saturated heterocycles. The molecule has 0 bridgehead atoms. The van der Waals surface area contributed by atoms with Crippen molar-refractivity contribution < 1.29 is 23.5 Å². The summed E-state index contributed by atoms with van der Waals surface area (Å²) in [7, 11) is 0. The Hall–Kier alpha value is -2.53. The predicted molar refractivity (Wildman–Crippen MR) is 123 cm³/mol. The van der Waals surface area contributed by atoms with Gasteiger partial charge in [0.25, 0.3) is 0 Å². The minimum atomic E-state index is -1.48. The van der Waals surface area contributed by atoms with Crippen LogP contribution in [-0.4, -0.2) is 35.8 Å². The van der Waals surface area contributed by atoms with Gasteiger partial charge < -0.3 is 14.4 Å². The second-order valence-electron chi connectivity index (χ2n) is 7.50. The second-order valence-corrected chi connectivity index (χ2v) is 8.75. The van der Waals surface area contributed by atoms with Gasteiger partial charge in [-0.25, -0.2) is 4.39 Å². The van der Waals surface area contributed by atoms with Gasteiger partial charge in [0.1, 0.15) is 11.5 Å². The van der Waals surface area contributed by atoms with Crippen LogP contribution < -0.4 is 9.47 Å². The first kappa shape index (κ1) is 25.1. The summed E-state index contributed by atoms with van der Waals surface area (Å²) in [5.74, 6) is -3.48. The number of nitrogens with zero attached hydrogens (tertiary/aromatic N) is 2. The molecule has 0 aliphatic carbocycles. The third-order valence-corrected chi connectivity index (χ3v) is 5.96. The van der Waals surface area contributed by atoms with Crippen molar-refractivity contribution in [3.63, 3.8) is 0 Å². The Morgan fingerprint density at radius 3 is 2.33 bits per heavy atom. The maximum Gasteiger partial charge on any atom is 0.247 e. The minimum absolute atomic E-state index is 0.0217. The summed E-state index contributed by atoms with van der Waals surface area (Å²) < 4.78 is 25.3. The fourth-order valence-electron chi connectivity index (χ4n) is 3.38. The van der Waals surface area contributed by atoms with Crippen molar-refractivity contribution in [1.29, 1.82) is 5.26 Å². The van der Waals surface area contributed by atoms with Crippen LogP contribution >= 0.6 is 34.8 Å². The van der Waals surface area contributed by atoms with Gasteiger partial charge in [-0.15, -0.1) is 0 Å². The number of halogens is 4. The van der Waals surface area contributed by atoms with Crippen LogP contribution in [0.25, 0.3) is 0 Å². The van der Waals surface area contributed by atoms with E-state index in [1.165, 1.54) is 36.1 Å². The standard InChI is InChI=1S/C23H20Cl3FN2O4/c1-13(22(30)15(12-28)23(31)29-7-3-2-4-8-29)32-20-11-21(17(26)10-16(20)25)33-19-6-5-14(24)9-18(19)27/h5-6,9-11,13,15H,2-4,7-8H2,1H3. The summed E-state index contributed by atoms with van der Waals surface area (Å²) in [4.78, 5) is 27.0. The Kier molecular flexibility index (Phi) is 8.41. The van der Waals surface area contributed by atoms with E-state index in [4.69, 9.17) is 44.3 Å². The van der Waals surface area contributed by atoms with Crippen molar-refractivity contribution in [2.75, 3.05) is 13.1 Å². The molecule has 1 fully saturated rings. The van der Waals surface area contributed by atoms with E-state index in [0.29, 0.717) is 13.1 Å². The number of Topliss-reactive ketones (excluding diaryl/α,β-unsaturated/α-hetero) is 1.